The Morgan fingerprint density at radius 2 is 1.95 bits per heavy atom. The van der Waals surface area contributed by atoms with Crippen LogP contribution < -0.4 is 11.1 Å². The van der Waals surface area contributed by atoms with Gasteiger partial charge in [-0.15, -0.1) is 0 Å². The van der Waals surface area contributed by atoms with E-state index in [-0.39, 0.29) is 17.5 Å². The number of carbonyl (C=O) groups excluding carboxylic acids is 1. The third-order valence-corrected chi connectivity index (χ3v) is 2.64. The first-order chi connectivity index (χ1) is 9.65. The molecule has 0 heterocycles. The molecule has 0 aliphatic rings. The second kappa shape index (κ2) is 9.41. The van der Waals surface area contributed by atoms with Gasteiger partial charge < -0.3 is 20.5 Å². The lowest BCUT2D eigenvalue weighted by molar-refractivity contribution is -0.121. The predicted octanol–water partition coefficient (Wildman–Crippen LogP) is 1.70. The van der Waals surface area contributed by atoms with Gasteiger partial charge in [-0.3, -0.25) is 4.79 Å². The maximum absolute atomic E-state index is 11.7. The molecular weight excluding hydrogens is 276 g/mol. The Balaban J connectivity index is 2.34. The van der Waals surface area contributed by atoms with E-state index in [1.54, 1.807) is 18.2 Å². The molecular formula is C14H20N2O3S. The van der Waals surface area contributed by atoms with Gasteiger partial charge in [0.2, 0.25) is 5.91 Å². The highest BCUT2D eigenvalue weighted by Gasteiger charge is 2.08. The van der Waals surface area contributed by atoms with E-state index in [1.165, 1.54) is 0 Å². The van der Waals surface area contributed by atoms with Crippen LogP contribution >= 0.6 is 12.2 Å². The number of hydrogen-bond acceptors (Lipinski definition) is 4. The quantitative estimate of drug-likeness (QED) is 0.536. The van der Waals surface area contributed by atoms with Crippen LogP contribution in [0, 0.1) is 0 Å². The summed E-state index contributed by atoms with van der Waals surface area (Å²) in [4.78, 5) is 12.0. The maximum atomic E-state index is 11.7. The van der Waals surface area contributed by atoms with Crippen molar-refractivity contribution in [3.8, 4) is 0 Å². The number of carbonyl (C=O) groups is 1. The molecule has 0 saturated heterocycles. The Morgan fingerprint density at radius 1 is 1.25 bits per heavy atom. The van der Waals surface area contributed by atoms with E-state index in [1.807, 2.05) is 13.0 Å². The number of para-hydroxylation sites is 1. The van der Waals surface area contributed by atoms with Gasteiger partial charge in [0, 0.05) is 12.2 Å². The van der Waals surface area contributed by atoms with E-state index in [0.717, 1.165) is 6.42 Å². The van der Waals surface area contributed by atoms with E-state index in [0.29, 0.717) is 31.1 Å². The first kappa shape index (κ1) is 16.6. The van der Waals surface area contributed by atoms with Crippen molar-refractivity contribution in [2.75, 3.05) is 31.7 Å². The minimum Gasteiger partial charge on any atom is -0.389 e. The van der Waals surface area contributed by atoms with Gasteiger partial charge in [0.1, 0.15) is 11.6 Å². The standard InChI is InChI=1S/C14H20N2O3S/c1-2-7-18-8-9-19-10-13(17)16-12-6-4-3-5-11(12)14(15)20/h3-6H,2,7-10H2,1H3,(H2,15,20)(H,16,17). The molecule has 1 amide bonds. The molecule has 5 nitrogen and oxygen atoms in total. The summed E-state index contributed by atoms with van der Waals surface area (Å²) in [6.45, 7) is 3.60. The molecule has 0 aliphatic carbocycles. The van der Waals surface area contributed by atoms with Gasteiger partial charge in [-0.25, -0.2) is 0 Å². The van der Waals surface area contributed by atoms with Crippen LogP contribution in [0.15, 0.2) is 24.3 Å². The predicted molar refractivity (Wildman–Crippen MR) is 82.9 cm³/mol. The molecule has 0 saturated carbocycles. The number of ether oxygens (including phenoxy) is 2. The Morgan fingerprint density at radius 3 is 2.65 bits per heavy atom. The van der Waals surface area contributed by atoms with Crippen molar-refractivity contribution in [2.24, 2.45) is 5.73 Å². The highest BCUT2D eigenvalue weighted by Crippen LogP contribution is 2.14. The van der Waals surface area contributed by atoms with Crippen molar-refractivity contribution in [1.29, 1.82) is 0 Å². The Kier molecular flexibility index (Phi) is 7.79. The number of nitrogens with one attached hydrogen (secondary N) is 1. The van der Waals surface area contributed by atoms with Crippen molar-refractivity contribution in [2.45, 2.75) is 13.3 Å². The minimum atomic E-state index is -0.246. The summed E-state index contributed by atoms with van der Waals surface area (Å²) in [5, 5.41) is 2.72. The molecule has 0 spiro atoms. The smallest absolute Gasteiger partial charge is 0.250 e. The number of amides is 1. The van der Waals surface area contributed by atoms with Gasteiger partial charge in [-0.1, -0.05) is 31.3 Å². The van der Waals surface area contributed by atoms with Gasteiger partial charge in [-0.2, -0.15) is 0 Å². The van der Waals surface area contributed by atoms with Crippen LogP contribution in [0.25, 0.3) is 0 Å². The fourth-order valence-corrected chi connectivity index (χ4v) is 1.70. The highest BCUT2D eigenvalue weighted by molar-refractivity contribution is 7.80. The van der Waals surface area contributed by atoms with Crippen LogP contribution in [0.4, 0.5) is 5.69 Å². The van der Waals surface area contributed by atoms with Gasteiger partial charge in [0.05, 0.1) is 18.9 Å². The van der Waals surface area contributed by atoms with Gasteiger partial charge in [0.25, 0.3) is 0 Å². The second-order valence-corrected chi connectivity index (χ2v) is 4.56. The average Bonchev–Trinajstić information content (AvgIpc) is 2.43. The summed E-state index contributed by atoms with van der Waals surface area (Å²) in [5.41, 5.74) is 6.83. The number of nitrogens with two attached hydrogens (primary N) is 1. The summed E-state index contributed by atoms with van der Waals surface area (Å²) in [7, 11) is 0. The summed E-state index contributed by atoms with van der Waals surface area (Å²) in [5.74, 6) is -0.246. The highest BCUT2D eigenvalue weighted by atomic mass is 32.1. The van der Waals surface area contributed by atoms with Crippen LogP contribution in [0.2, 0.25) is 0 Å². The zero-order chi connectivity index (χ0) is 14.8. The molecule has 1 aromatic carbocycles. The topological polar surface area (TPSA) is 73.6 Å². The molecule has 0 fully saturated rings. The number of thiocarbonyl (C=S) groups is 1. The van der Waals surface area contributed by atoms with Gasteiger partial charge in [0.15, 0.2) is 0 Å². The fourth-order valence-electron chi connectivity index (χ4n) is 1.52. The fraction of sp³-hybridized carbons (Fsp3) is 0.429. The molecule has 0 bridgehead atoms. The number of hydrogen-bond donors (Lipinski definition) is 2. The number of benzene rings is 1. The molecule has 6 heteroatoms. The Bertz CT molecular complexity index is 452. The zero-order valence-electron chi connectivity index (χ0n) is 11.6. The SMILES string of the molecule is CCCOCCOCC(=O)Nc1ccccc1C(N)=S. The summed E-state index contributed by atoms with van der Waals surface area (Å²) in [6.07, 6.45) is 0.969. The molecule has 0 aliphatic heterocycles. The second-order valence-electron chi connectivity index (χ2n) is 4.12. The monoisotopic (exact) mass is 296 g/mol. The molecule has 1 aromatic rings. The van der Waals surface area contributed by atoms with E-state index in [4.69, 9.17) is 27.4 Å². The molecule has 0 atom stereocenters. The number of anilines is 1. The van der Waals surface area contributed by atoms with Crippen molar-refractivity contribution < 1.29 is 14.3 Å². The summed E-state index contributed by atoms with van der Waals surface area (Å²) >= 11 is 4.93. The lowest BCUT2D eigenvalue weighted by Gasteiger charge is -2.10. The molecule has 0 radical (unpaired) electrons. The van der Waals surface area contributed by atoms with Crippen molar-refractivity contribution >= 4 is 28.8 Å². The van der Waals surface area contributed by atoms with E-state index >= 15 is 0 Å². The van der Waals surface area contributed by atoms with E-state index in [2.05, 4.69) is 5.32 Å². The van der Waals surface area contributed by atoms with Crippen LogP contribution in [0.5, 0.6) is 0 Å². The average molecular weight is 296 g/mol. The van der Waals surface area contributed by atoms with E-state index < -0.39 is 0 Å². The van der Waals surface area contributed by atoms with Crippen LogP contribution in [0.1, 0.15) is 18.9 Å². The van der Waals surface area contributed by atoms with Crippen molar-refractivity contribution in [3.63, 3.8) is 0 Å². The van der Waals surface area contributed by atoms with Crippen LogP contribution in [0.3, 0.4) is 0 Å². The van der Waals surface area contributed by atoms with Gasteiger partial charge in [-0.05, 0) is 18.6 Å². The first-order valence-electron chi connectivity index (χ1n) is 6.49. The Labute approximate surface area is 124 Å². The molecule has 20 heavy (non-hydrogen) atoms. The van der Waals surface area contributed by atoms with Crippen molar-refractivity contribution in [3.05, 3.63) is 29.8 Å². The minimum absolute atomic E-state index is 0.0266. The largest absolute Gasteiger partial charge is 0.389 e. The maximum Gasteiger partial charge on any atom is 0.250 e. The lowest BCUT2D eigenvalue weighted by Crippen LogP contribution is -2.22. The van der Waals surface area contributed by atoms with E-state index in [9.17, 15) is 4.79 Å². The summed E-state index contributed by atoms with van der Waals surface area (Å²) in [6, 6.07) is 7.12. The summed E-state index contributed by atoms with van der Waals surface area (Å²) < 4.78 is 10.5. The zero-order valence-corrected chi connectivity index (χ0v) is 12.4. The third kappa shape index (κ3) is 6.10. The van der Waals surface area contributed by atoms with Crippen LogP contribution in [-0.2, 0) is 14.3 Å². The van der Waals surface area contributed by atoms with Crippen LogP contribution in [-0.4, -0.2) is 37.3 Å². The van der Waals surface area contributed by atoms with Crippen molar-refractivity contribution in [1.82, 2.24) is 0 Å². The molecule has 3 N–H and O–H groups in total. The molecule has 110 valence electrons. The third-order valence-electron chi connectivity index (χ3n) is 2.42. The molecule has 0 unspecified atom stereocenters. The molecule has 1 rings (SSSR count). The molecule has 0 aromatic heterocycles. The Hall–Kier alpha value is -1.50. The lowest BCUT2D eigenvalue weighted by atomic mass is 10.2. The normalized spacial score (nSPS) is 10.2. The first-order valence-corrected chi connectivity index (χ1v) is 6.90. The van der Waals surface area contributed by atoms with Gasteiger partial charge >= 0.3 is 0 Å². The number of rotatable bonds is 9.